The zero-order valence-corrected chi connectivity index (χ0v) is 13.8. The van der Waals surface area contributed by atoms with Gasteiger partial charge < -0.3 is 10.1 Å². The van der Waals surface area contributed by atoms with Gasteiger partial charge in [0.1, 0.15) is 0 Å². The number of morpholine rings is 1. The molecule has 126 valence electrons. The molecule has 0 unspecified atom stereocenters. The summed E-state index contributed by atoms with van der Waals surface area (Å²) in [5.41, 5.74) is 3.18. The van der Waals surface area contributed by atoms with E-state index in [-0.39, 0.29) is 5.91 Å². The summed E-state index contributed by atoms with van der Waals surface area (Å²) >= 11 is 0. The van der Waals surface area contributed by atoms with Crippen LogP contribution in [0.2, 0.25) is 0 Å². The van der Waals surface area contributed by atoms with Gasteiger partial charge in [0.15, 0.2) is 0 Å². The second-order valence-electron chi connectivity index (χ2n) is 5.95. The molecule has 0 bridgehead atoms. The molecule has 0 radical (unpaired) electrons. The third kappa shape index (κ3) is 4.88. The fourth-order valence-electron chi connectivity index (χ4n) is 2.80. The molecule has 2 heterocycles. The maximum Gasteiger partial charge on any atom is 0.224 e. The van der Waals surface area contributed by atoms with Gasteiger partial charge in [0.2, 0.25) is 5.91 Å². The molecule has 1 aromatic heterocycles. The van der Waals surface area contributed by atoms with E-state index in [2.05, 4.69) is 21.3 Å². The van der Waals surface area contributed by atoms with Crippen molar-refractivity contribution in [2.24, 2.45) is 0 Å². The van der Waals surface area contributed by atoms with Gasteiger partial charge in [0.25, 0.3) is 0 Å². The number of amides is 1. The Kier molecular flexibility index (Phi) is 5.93. The van der Waals surface area contributed by atoms with E-state index in [4.69, 9.17) is 4.74 Å². The van der Waals surface area contributed by atoms with E-state index < -0.39 is 0 Å². The van der Waals surface area contributed by atoms with Gasteiger partial charge >= 0.3 is 0 Å². The van der Waals surface area contributed by atoms with Crippen LogP contribution in [-0.2, 0) is 22.5 Å². The van der Waals surface area contributed by atoms with E-state index in [1.165, 1.54) is 0 Å². The Labute approximate surface area is 142 Å². The summed E-state index contributed by atoms with van der Waals surface area (Å²) in [6.45, 7) is 4.26. The number of aromatic nitrogens is 1. The topological polar surface area (TPSA) is 54.5 Å². The fourth-order valence-corrected chi connectivity index (χ4v) is 2.80. The van der Waals surface area contributed by atoms with Crippen LogP contribution in [0.25, 0.3) is 0 Å². The number of benzene rings is 1. The Morgan fingerprint density at radius 2 is 1.88 bits per heavy atom. The van der Waals surface area contributed by atoms with E-state index in [1.807, 2.05) is 30.3 Å². The lowest BCUT2D eigenvalue weighted by Crippen LogP contribution is -2.35. The Balaban J connectivity index is 1.56. The minimum Gasteiger partial charge on any atom is -0.379 e. The molecule has 1 saturated heterocycles. The van der Waals surface area contributed by atoms with Crippen LogP contribution < -0.4 is 5.32 Å². The van der Waals surface area contributed by atoms with E-state index in [1.54, 1.807) is 12.4 Å². The van der Waals surface area contributed by atoms with Crippen molar-refractivity contribution in [3.63, 3.8) is 0 Å². The largest absolute Gasteiger partial charge is 0.379 e. The fraction of sp³-hybridized carbons (Fsp3) is 0.368. The third-order valence-electron chi connectivity index (χ3n) is 4.18. The second-order valence-corrected chi connectivity index (χ2v) is 5.95. The second kappa shape index (κ2) is 8.57. The highest BCUT2D eigenvalue weighted by Crippen LogP contribution is 2.18. The van der Waals surface area contributed by atoms with Gasteiger partial charge in [0.05, 0.1) is 13.2 Å². The number of nitrogens with one attached hydrogen (secondary N) is 1. The van der Waals surface area contributed by atoms with E-state index in [9.17, 15) is 4.79 Å². The average molecular weight is 325 g/mol. The molecule has 0 atom stereocenters. The maximum atomic E-state index is 12.3. The molecule has 3 rings (SSSR count). The Hall–Kier alpha value is -2.24. The lowest BCUT2D eigenvalue weighted by atomic mass is 10.1. The van der Waals surface area contributed by atoms with Crippen LogP contribution in [-0.4, -0.2) is 42.1 Å². The zero-order valence-electron chi connectivity index (χ0n) is 13.8. The Bertz CT molecular complexity index is 655. The van der Waals surface area contributed by atoms with Crippen molar-refractivity contribution < 1.29 is 9.53 Å². The quantitative estimate of drug-likeness (QED) is 0.886. The summed E-state index contributed by atoms with van der Waals surface area (Å²) in [7, 11) is 0. The van der Waals surface area contributed by atoms with Crippen LogP contribution in [0.4, 0.5) is 5.69 Å². The van der Waals surface area contributed by atoms with Crippen molar-refractivity contribution in [2.45, 2.75) is 19.4 Å². The first kappa shape index (κ1) is 16.6. The molecule has 1 aliphatic rings. The highest BCUT2D eigenvalue weighted by atomic mass is 16.5. The molecule has 1 aliphatic heterocycles. The van der Waals surface area contributed by atoms with Crippen molar-refractivity contribution in [3.8, 4) is 0 Å². The average Bonchev–Trinajstić information content (AvgIpc) is 2.63. The van der Waals surface area contributed by atoms with Gasteiger partial charge in [-0.3, -0.25) is 14.7 Å². The number of anilines is 1. The van der Waals surface area contributed by atoms with Gasteiger partial charge in [-0.25, -0.2) is 0 Å². The van der Waals surface area contributed by atoms with E-state index in [0.29, 0.717) is 6.42 Å². The number of carbonyl (C=O) groups excluding carboxylic acids is 1. The van der Waals surface area contributed by atoms with Gasteiger partial charge in [-0.15, -0.1) is 0 Å². The van der Waals surface area contributed by atoms with Gasteiger partial charge in [-0.1, -0.05) is 18.2 Å². The van der Waals surface area contributed by atoms with Crippen LogP contribution in [0.5, 0.6) is 0 Å². The highest BCUT2D eigenvalue weighted by molar-refractivity contribution is 5.91. The molecular weight excluding hydrogens is 302 g/mol. The predicted molar refractivity (Wildman–Crippen MR) is 93.7 cm³/mol. The van der Waals surface area contributed by atoms with E-state index in [0.717, 1.165) is 56.1 Å². The normalized spacial score (nSPS) is 15.2. The van der Waals surface area contributed by atoms with Crippen LogP contribution in [0, 0.1) is 0 Å². The molecule has 5 heteroatoms. The SMILES string of the molecule is O=C(CCc1ccncc1)Nc1ccccc1CN1CCOCC1. The minimum atomic E-state index is 0.0428. The molecule has 1 N–H and O–H groups in total. The van der Waals surface area contributed by atoms with Crippen molar-refractivity contribution in [1.82, 2.24) is 9.88 Å². The number of carbonyl (C=O) groups is 1. The van der Waals surface area contributed by atoms with Crippen molar-refractivity contribution >= 4 is 11.6 Å². The standard InChI is InChI=1S/C19H23N3O2/c23-19(6-5-16-7-9-20-10-8-16)21-18-4-2-1-3-17(18)15-22-11-13-24-14-12-22/h1-4,7-10H,5-6,11-15H2,(H,21,23). The van der Waals surface area contributed by atoms with Crippen molar-refractivity contribution in [2.75, 3.05) is 31.6 Å². The molecule has 1 fully saturated rings. The maximum absolute atomic E-state index is 12.3. The van der Waals surface area contributed by atoms with Gasteiger partial charge in [-0.05, 0) is 35.7 Å². The molecule has 2 aromatic rings. The smallest absolute Gasteiger partial charge is 0.224 e. The van der Waals surface area contributed by atoms with Crippen LogP contribution in [0.3, 0.4) is 0 Å². The summed E-state index contributed by atoms with van der Waals surface area (Å²) < 4.78 is 5.39. The Morgan fingerprint density at radius 3 is 2.67 bits per heavy atom. The zero-order chi connectivity index (χ0) is 16.6. The number of nitrogens with zero attached hydrogens (tertiary/aromatic N) is 2. The molecule has 1 amide bonds. The van der Waals surface area contributed by atoms with Crippen LogP contribution >= 0.6 is 0 Å². The monoisotopic (exact) mass is 325 g/mol. The third-order valence-corrected chi connectivity index (χ3v) is 4.18. The number of rotatable bonds is 6. The van der Waals surface area contributed by atoms with Crippen molar-refractivity contribution in [3.05, 3.63) is 59.9 Å². The first-order valence-corrected chi connectivity index (χ1v) is 8.38. The summed E-state index contributed by atoms with van der Waals surface area (Å²) in [5.74, 6) is 0.0428. The molecule has 0 saturated carbocycles. The van der Waals surface area contributed by atoms with E-state index >= 15 is 0 Å². The lowest BCUT2D eigenvalue weighted by molar-refractivity contribution is -0.116. The number of hydrogen-bond acceptors (Lipinski definition) is 4. The molecule has 1 aromatic carbocycles. The van der Waals surface area contributed by atoms with Crippen LogP contribution in [0.15, 0.2) is 48.8 Å². The van der Waals surface area contributed by atoms with Crippen LogP contribution in [0.1, 0.15) is 17.5 Å². The summed E-state index contributed by atoms with van der Waals surface area (Å²) in [4.78, 5) is 18.6. The molecule has 5 nitrogen and oxygen atoms in total. The summed E-state index contributed by atoms with van der Waals surface area (Å²) in [6.07, 6.45) is 4.70. The molecule has 24 heavy (non-hydrogen) atoms. The minimum absolute atomic E-state index is 0.0428. The Morgan fingerprint density at radius 1 is 1.12 bits per heavy atom. The predicted octanol–water partition coefficient (Wildman–Crippen LogP) is 2.49. The number of ether oxygens (including phenoxy) is 1. The molecular formula is C19H23N3O2. The first-order chi connectivity index (χ1) is 11.8. The van der Waals surface area contributed by atoms with Gasteiger partial charge in [0, 0.05) is 44.1 Å². The molecule has 0 aliphatic carbocycles. The van der Waals surface area contributed by atoms with Crippen molar-refractivity contribution in [1.29, 1.82) is 0 Å². The molecule has 0 spiro atoms. The number of para-hydroxylation sites is 1. The summed E-state index contributed by atoms with van der Waals surface area (Å²) in [6, 6.07) is 11.9. The number of pyridine rings is 1. The highest BCUT2D eigenvalue weighted by Gasteiger charge is 2.13. The number of hydrogen-bond donors (Lipinski definition) is 1. The lowest BCUT2D eigenvalue weighted by Gasteiger charge is -2.27. The van der Waals surface area contributed by atoms with Gasteiger partial charge in [-0.2, -0.15) is 0 Å². The first-order valence-electron chi connectivity index (χ1n) is 8.38. The summed E-state index contributed by atoms with van der Waals surface area (Å²) in [5, 5.41) is 3.06. The number of aryl methyl sites for hydroxylation is 1.